The van der Waals surface area contributed by atoms with Gasteiger partial charge in [0.2, 0.25) is 0 Å². The maximum absolute atomic E-state index is 12.0. The first-order chi connectivity index (χ1) is 9.47. The first kappa shape index (κ1) is 14.6. The van der Waals surface area contributed by atoms with Crippen molar-refractivity contribution in [3.05, 3.63) is 69.1 Å². The minimum absolute atomic E-state index is 0.271. The van der Waals surface area contributed by atoms with E-state index in [1.54, 1.807) is 18.2 Å². The zero-order valence-electron chi connectivity index (χ0n) is 10.6. The third kappa shape index (κ3) is 3.40. The summed E-state index contributed by atoms with van der Waals surface area (Å²) >= 11 is 11.9. The Hall–Kier alpha value is -1.78. The predicted octanol–water partition coefficient (Wildman–Crippen LogP) is 3.12. The average Bonchev–Trinajstić information content (AvgIpc) is 2.39. The van der Waals surface area contributed by atoms with Crippen LogP contribution in [0.5, 0.6) is 0 Å². The Morgan fingerprint density at radius 2 is 1.90 bits per heavy atom. The van der Waals surface area contributed by atoms with Crippen LogP contribution in [0.1, 0.15) is 28.9 Å². The number of benzene rings is 1. The van der Waals surface area contributed by atoms with Crippen LogP contribution in [-0.2, 0) is 0 Å². The number of nitrogens with one attached hydrogen (secondary N) is 1. The Morgan fingerprint density at radius 1 is 1.25 bits per heavy atom. The summed E-state index contributed by atoms with van der Waals surface area (Å²) in [7, 11) is 0. The molecule has 20 heavy (non-hydrogen) atoms. The van der Waals surface area contributed by atoms with Crippen molar-refractivity contribution in [2.24, 2.45) is 0 Å². The Labute approximate surface area is 126 Å². The highest BCUT2D eigenvalue weighted by Gasteiger charge is 2.14. The van der Waals surface area contributed by atoms with Gasteiger partial charge >= 0.3 is 0 Å². The molecule has 0 unspecified atom stereocenters. The smallest absolute Gasteiger partial charge is 0.252 e. The summed E-state index contributed by atoms with van der Waals surface area (Å²) < 4.78 is 0.621. The van der Waals surface area contributed by atoms with Gasteiger partial charge in [-0.25, -0.2) is 0 Å². The molecule has 0 saturated carbocycles. The molecule has 2 rings (SSSR count). The molecule has 4 nitrogen and oxygen atoms in total. The van der Waals surface area contributed by atoms with Crippen LogP contribution in [0.15, 0.2) is 42.7 Å². The van der Waals surface area contributed by atoms with E-state index in [9.17, 15) is 10.0 Å². The van der Waals surface area contributed by atoms with Gasteiger partial charge in [-0.05, 0) is 24.6 Å². The molecule has 1 aromatic heterocycles. The Kier molecular flexibility index (Phi) is 4.47. The number of aromatic nitrogens is 1. The number of pyridine rings is 1. The second-order valence-electron chi connectivity index (χ2n) is 4.31. The van der Waals surface area contributed by atoms with E-state index in [0.29, 0.717) is 20.3 Å². The zero-order valence-corrected chi connectivity index (χ0v) is 12.2. The maximum atomic E-state index is 12.0. The molecule has 1 N–H and O–H groups in total. The topological polar surface area (TPSA) is 56.0 Å². The molecule has 1 heterocycles. The summed E-state index contributed by atoms with van der Waals surface area (Å²) in [6, 6.07) is 7.76. The molecule has 1 atom stereocenters. The zero-order chi connectivity index (χ0) is 14.7. The highest BCUT2D eigenvalue weighted by Crippen LogP contribution is 2.26. The van der Waals surface area contributed by atoms with Crippen molar-refractivity contribution in [2.75, 3.05) is 0 Å². The van der Waals surface area contributed by atoms with Gasteiger partial charge in [0.1, 0.15) is 0 Å². The third-order valence-electron chi connectivity index (χ3n) is 2.84. The Balaban J connectivity index is 2.12. The number of rotatable bonds is 3. The van der Waals surface area contributed by atoms with E-state index in [1.807, 2.05) is 6.92 Å². The van der Waals surface area contributed by atoms with E-state index >= 15 is 0 Å². The van der Waals surface area contributed by atoms with Crippen LogP contribution in [0.4, 0.5) is 0 Å². The fourth-order valence-corrected chi connectivity index (χ4v) is 2.35. The van der Waals surface area contributed by atoms with Gasteiger partial charge in [0.15, 0.2) is 12.4 Å². The van der Waals surface area contributed by atoms with Gasteiger partial charge in [0, 0.05) is 22.2 Å². The van der Waals surface area contributed by atoms with E-state index in [2.05, 4.69) is 5.32 Å². The fraction of sp³-hybridized carbons (Fsp3) is 0.143. The molecule has 1 aromatic carbocycles. The van der Waals surface area contributed by atoms with Crippen molar-refractivity contribution in [1.82, 2.24) is 5.32 Å². The van der Waals surface area contributed by atoms with Crippen LogP contribution < -0.4 is 10.0 Å². The normalized spacial score (nSPS) is 11.9. The van der Waals surface area contributed by atoms with Gasteiger partial charge in [-0.1, -0.05) is 29.3 Å². The molecule has 0 aliphatic rings. The predicted molar refractivity (Wildman–Crippen MR) is 77.7 cm³/mol. The first-order valence-corrected chi connectivity index (χ1v) is 6.67. The molecule has 104 valence electrons. The van der Waals surface area contributed by atoms with Crippen LogP contribution in [-0.4, -0.2) is 5.91 Å². The number of carbonyl (C=O) groups is 1. The van der Waals surface area contributed by atoms with Crippen molar-refractivity contribution in [1.29, 1.82) is 0 Å². The van der Waals surface area contributed by atoms with Crippen LogP contribution in [0.25, 0.3) is 0 Å². The SMILES string of the molecule is C[C@@H](NC(=O)c1cc[n+]([O-])cc1)c1ccc(Cl)cc1Cl. The maximum Gasteiger partial charge on any atom is 0.252 e. The molecular formula is C14H12Cl2N2O2. The quantitative estimate of drug-likeness (QED) is 0.699. The lowest BCUT2D eigenvalue weighted by atomic mass is 10.1. The molecule has 0 aliphatic carbocycles. The van der Waals surface area contributed by atoms with Gasteiger partial charge in [-0.3, -0.25) is 4.79 Å². The van der Waals surface area contributed by atoms with Crippen molar-refractivity contribution in [3.63, 3.8) is 0 Å². The summed E-state index contributed by atoms with van der Waals surface area (Å²) in [5, 5.41) is 14.8. The number of hydrogen-bond donors (Lipinski definition) is 1. The van der Waals surface area contributed by atoms with Gasteiger partial charge in [0.05, 0.1) is 11.6 Å². The number of halogens is 2. The lowest BCUT2D eigenvalue weighted by Crippen LogP contribution is -2.29. The molecule has 0 radical (unpaired) electrons. The molecular weight excluding hydrogens is 299 g/mol. The number of carbonyl (C=O) groups excluding carboxylic acids is 1. The summed E-state index contributed by atoms with van der Waals surface area (Å²) in [6.07, 6.45) is 2.55. The average molecular weight is 311 g/mol. The Morgan fingerprint density at radius 3 is 2.50 bits per heavy atom. The van der Waals surface area contributed by atoms with Crippen LogP contribution in [0.2, 0.25) is 10.0 Å². The van der Waals surface area contributed by atoms with E-state index in [0.717, 1.165) is 5.56 Å². The van der Waals surface area contributed by atoms with E-state index in [4.69, 9.17) is 23.2 Å². The van der Waals surface area contributed by atoms with E-state index in [1.165, 1.54) is 24.5 Å². The summed E-state index contributed by atoms with van der Waals surface area (Å²) in [5.41, 5.74) is 1.19. The number of hydrogen-bond acceptors (Lipinski definition) is 2. The molecule has 0 spiro atoms. The molecule has 1 amide bonds. The monoisotopic (exact) mass is 310 g/mol. The summed E-state index contributed by atoms with van der Waals surface area (Å²) in [6.45, 7) is 1.82. The summed E-state index contributed by atoms with van der Waals surface area (Å²) in [4.78, 5) is 12.0. The molecule has 0 fully saturated rings. The largest absolute Gasteiger partial charge is 0.619 e. The Bertz CT molecular complexity index is 630. The van der Waals surface area contributed by atoms with Crippen molar-refractivity contribution >= 4 is 29.1 Å². The minimum atomic E-state index is -0.274. The van der Waals surface area contributed by atoms with E-state index < -0.39 is 0 Å². The van der Waals surface area contributed by atoms with Gasteiger partial charge in [-0.2, -0.15) is 4.73 Å². The third-order valence-corrected chi connectivity index (χ3v) is 3.40. The van der Waals surface area contributed by atoms with Crippen LogP contribution in [0, 0.1) is 5.21 Å². The molecule has 0 saturated heterocycles. The lowest BCUT2D eigenvalue weighted by Gasteiger charge is -2.15. The van der Waals surface area contributed by atoms with E-state index in [-0.39, 0.29) is 11.9 Å². The number of nitrogens with zero attached hydrogens (tertiary/aromatic N) is 1. The first-order valence-electron chi connectivity index (χ1n) is 5.92. The van der Waals surface area contributed by atoms with Gasteiger partial charge in [0.25, 0.3) is 5.91 Å². The highest BCUT2D eigenvalue weighted by atomic mass is 35.5. The van der Waals surface area contributed by atoms with Gasteiger partial charge in [-0.15, -0.1) is 0 Å². The van der Waals surface area contributed by atoms with Crippen molar-refractivity contribution in [3.8, 4) is 0 Å². The molecule has 0 aliphatic heterocycles. The standard InChI is InChI=1S/C14H12Cl2N2O2/c1-9(12-3-2-11(15)8-13(12)16)17-14(19)10-4-6-18(20)7-5-10/h2-9H,1H3,(H,17,19)/t9-/m1/s1. The van der Waals surface area contributed by atoms with Crippen LogP contribution >= 0.6 is 23.2 Å². The second-order valence-corrected chi connectivity index (χ2v) is 5.15. The molecule has 2 aromatic rings. The molecule has 0 bridgehead atoms. The van der Waals surface area contributed by atoms with Crippen molar-refractivity contribution < 1.29 is 9.52 Å². The minimum Gasteiger partial charge on any atom is -0.619 e. The fourth-order valence-electron chi connectivity index (χ4n) is 1.77. The van der Waals surface area contributed by atoms with Gasteiger partial charge < -0.3 is 10.5 Å². The molecule has 6 heteroatoms. The lowest BCUT2D eigenvalue weighted by molar-refractivity contribution is -0.605. The van der Waals surface area contributed by atoms with Crippen molar-refractivity contribution in [2.45, 2.75) is 13.0 Å². The van der Waals surface area contributed by atoms with Crippen LogP contribution in [0.3, 0.4) is 0 Å². The highest BCUT2D eigenvalue weighted by molar-refractivity contribution is 6.35. The summed E-state index contributed by atoms with van der Waals surface area (Å²) in [5.74, 6) is -0.274. The second kappa shape index (κ2) is 6.11. The number of amides is 1.